The van der Waals surface area contributed by atoms with Crippen molar-refractivity contribution in [3.05, 3.63) is 23.0 Å². The molecule has 0 amide bonds. The molecule has 0 spiro atoms. The molecular weight excluding hydrogens is 295 g/mol. The Morgan fingerprint density at radius 2 is 2.07 bits per heavy atom. The fourth-order valence-corrected chi connectivity index (χ4v) is 2.01. The highest BCUT2D eigenvalue weighted by molar-refractivity contribution is 9.10. The molecule has 0 radical (unpaired) electrons. The minimum Gasteiger partial charge on any atom is -0.431 e. The molecule has 1 aromatic carbocycles. The van der Waals surface area contributed by atoms with E-state index in [9.17, 15) is 13.2 Å². The average Bonchev–Trinajstić information content (AvgIpc) is 2.40. The Bertz CT molecular complexity index is 496. The lowest BCUT2D eigenvalue weighted by Gasteiger charge is -2.04. The Hall–Kier alpha value is -0.690. The van der Waals surface area contributed by atoms with Gasteiger partial charge in [-0.05, 0) is 30.0 Å². The maximum Gasteiger partial charge on any atom is 0.446 e. The van der Waals surface area contributed by atoms with Gasteiger partial charge in [-0.15, -0.1) is 0 Å². The molecule has 80 valence electrons. The van der Waals surface area contributed by atoms with Gasteiger partial charge in [0.15, 0.2) is 5.58 Å². The van der Waals surface area contributed by atoms with Crippen LogP contribution >= 0.6 is 27.7 Å². The largest absolute Gasteiger partial charge is 0.446 e. The summed E-state index contributed by atoms with van der Waals surface area (Å²) < 4.78 is 41.2. The molecule has 2 aromatic rings. The third-order valence-corrected chi connectivity index (χ3v) is 2.63. The summed E-state index contributed by atoms with van der Waals surface area (Å²) in [6.45, 7) is 0. The second-order valence-electron chi connectivity index (χ2n) is 2.64. The molecule has 2 rings (SSSR count). The third-order valence-electron chi connectivity index (χ3n) is 1.57. The molecule has 0 bridgehead atoms. The molecule has 1 aromatic heterocycles. The summed E-state index contributed by atoms with van der Waals surface area (Å²) in [5, 5.41) is 0. The van der Waals surface area contributed by atoms with E-state index in [-0.39, 0.29) is 21.5 Å². The standard InChI is InChI=1S/C8H3BrF3NOS/c9-7-13-5-2-1-4(3-6(5)14-7)15-8(10,11)12/h1-3H. The molecule has 0 aliphatic heterocycles. The van der Waals surface area contributed by atoms with Crippen molar-refractivity contribution in [2.45, 2.75) is 10.4 Å². The van der Waals surface area contributed by atoms with E-state index in [2.05, 4.69) is 20.9 Å². The van der Waals surface area contributed by atoms with E-state index in [1.165, 1.54) is 18.2 Å². The first kappa shape index (κ1) is 10.8. The second-order valence-corrected chi connectivity index (χ2v) is 4.46. The SMILES string of the molecule is FC(F)(F)Sc1ccc2nc(Br)oc2c1. The molecule has 0 saturated carbocycles. The van der Waals surface area contributed by atoms with E-state index in [0.29, 0.717) is 11.1 Å². The van der Waals surface area contributed by atoms with Crippen molar-refractivity contribution < 1.29 is 17.6 Å². The van der Waals surface area contributed by atoms with E-state index < -0.39 is 5.51 Å². The van der Waals surface area contributed by atoms with E-state index in [0.717, 1.165) is 0 Å². The van der Waals surface area contributed by atoms with Crippen LogP contribution in [0.25, 0.3) is 11.1 Å². The summed E-state index contributed by atoms with van der Waals surface area (Å²) in [7, 11) is 0. The summed E-state index contributed by atoms with van der Waals surface area (Å²) in [6, 6.07) is 4.15. The number of oxazole rings is 1. The van der Waals surface area contributed by atoms with Gasteiger partial charge in [0.05, 0.1) is 0 Å². The predicted molar refractivity (Wildman–Crippen MR) is 53.6 cm³/mol. The normalized spacial score (nSPS) is 12.3. The van der Waals surface area contributed by atoms with Crippen LogP contribution in [0.15, 0.2) is 32.3 Å². The van der Waals surface area contributed by atoms with Crippen molar-refractivity contribution in [1.82, 2.24) is 4.98 Å². The number of halogens is 4. The number of benzene rings is 1. The first-order valence-electron chi connectivity index (χ1n) is 3.76. The number of nitrogens with zero attached hydrogens (tertiary/aromatic N) is 1. The summed E-state index contributed by atoms with van der Waals surface area (Å²) >= 11 is 2.83. The van der Waals surface area contributed by atoms with Crippen molar-refractivity contribution in [3.63, 3.8) is 0 Å². The molecule has 15 heavy (non-hydrogen) atoms. The van der Waals surface area contributed by atoms with Gasteiger partial charge in [-0.1, -0.05) is 0 Å². The Morgan fingerprint density at radius 3 is 2.73 bits per heavy atom. The molecule has 0 fully saturated rings. The lowest BCUT2D eigenvalue weighted by Crippen LogP contribution is -1.98. The monoisotopic (exact) mass is 297 g/mol. The maximum atomic E-state index is 12.1. The van der Waals surface area contributed by atoms with E-state index in [1.807, 2.05) is 0 Å². The van der Waals surface area contributed by atoms with Gasteiger partial charge >= 0.3 is 5.51 Å². The number of alkyl halides is 3. The van der Waals surface area contributed by atoms with Gasteiger partial charge in [0.1, 0.15) is 5.52 Å². The third kappa shape index (κ3) is 2.66. The Balaban J connectivity index is 2.38. The van der Waals surface area contributed by atoms with Gasteiger partial charge in [-0.2, -0.15) is 13.2 Å². The van der Waals surface area contributed by atoms with E-state index in [1.54, 1.807) is 0 Å². The molecule has 1 heterocycles. The van der Waals surface area contributed by atoms with Gasteiger partial charge in [0.2, 0.25) is 0 Å². The molecule has 0 N–H and O–H groups in total. The summed E-state index contributed by atoms with van der Waals surface area (Å²) in [5.74, 6) is 0. The summed E-state index contributed by atoms with van der Waals surface area (Å²) in [5.41, 5.74) is -3.44. The van der Waals surface area contributed by atoms with Crippen molar-refractivity contribution in [1.29, 1.82) is 0 Å². The zero-order chi connectivity index (χ0) is 11.1. The van der Waals surface area contributed by atoms with Crippen LogP contribution in [-0.2, 0) is 0 Å². The van der Waals surface area contributed by atoms with Crippen LogP contribution < -0.4 is 0 Å². The smallest absolute Gasteiger partial charge is 0.431 e. The van der Waals surface area contributed by atoms with Crippen LogP contribution in [0.4, 0.5) is 13.2 Å². The molecular formula is C8H3BrF3NOS. The molecule has 2 nitrogen and oxygen atoms in total. The molecule has 0 atom stereocenters. The quantitative estimate of drug-likeness (QED) is 0.738. The van der Waals surface area contributed by atoms with Crippen molar-refractivity contribution >= 4 is 38.8 Å². The Morgan fingerprint density at radius 1 is 1.33 bits per heavy atom. The van der Waals surface area contributed by atoms with Crippen LogP contribution in [0.2, 0.25) is 0 Å². The fraction of sp³-hybridized carbons (Fsp3) is 0.125. The first-order valence-corrected chi connectivity index (χ1v) is 5.37. The van der Waals surface area contributed by atoms with E-state index >= 15 is 0 Å². The molecule has 7 heteroatoms. The highest BCUT2D eigenvalue weighted by Gasteiger charge is 2.29. The topological polar surface area (TPSA) is 26.0 Å². The fourth-order valence-electron chi connectivity index (χ4n) is 1.07. The van der Waals surface area contributed by atoms with Gasteiger partial charge in [-0.3, -0.25) is 0 Å². The van der Waals surface area contributed by atoms with Gasteiger partial charge in [-0.25, -0.2) is 4.98 Å². The highest BCUT2D eigenvalue weighted by atomic mass is 79.9. The van der Waals surface area contributed by atoms with Gasteiger partial charge in [0, 0.05) is 20.8 Å². The molecule has 0 unspecified atom stereocenters. The second kappa shape index (κ2) is 3.71. The average molecular weight is 298 g/mol. The summed E-state index contributed by atoms with van der Waals surface area (Å²) in [6.07, 6.45) is 0. The summed E-state index contributed by atoms with van der Waals surface area (Å²) in [4.78, 5) is 4.25. The number of hydrogen-bond acceptors (Lipinski definition) is 3. The van der Waals surface area contributed by atoms with Crippen molar-refractivity contribution in [3.8, 4) is 0 Å². The Labute approximate surface area is 95.0 Å². The number of hydrogen-bond donors (Lipinski definition) is 0. The Kier molecular flexibility index (Phi) is 2.68. The van der Waals surface area contributed by atoms with Gasteiger partial charge in [0.25, 0.3) is 4.80 Å². The van der Waals surface area contributed by atoms with Crippen molar-refractivity contribution in [2.75, 3.05) is 0 Å². The van der Waals surface area contributed by atoms with Crippen LogP contribution in [-0.4, -0.2) is 10.5 Å². The predicted octanol–water partition coefficient (Wildman–Crippen LogP) is 4.20. The molecule has 0 saturated heterocycles. The minimum absolute atomic E-state index is 0.0821. The maximum absolute atomic E-state index is 12.1. The van der Waals surface area contributed by atoms with Gasteiger partial charge < -0.3 is 4.42 Å². The van der Waals surface area contributed by atoms with Crippen LogP contribution in [0.5, 0.6) is 0 Å². The first-order chi connectivity index (χ1) is 6.94. The zero-order valence-corrected chi connectivity index (χ0v) is 9.41. The van der Waals surface area contributed by atoms with Crippen molar-refractivity contribution in [2.24, 2.45) is 0 Å². The minimum atomic E-state index is -4.29. The zero-order valence-electron chi connectivity index (χ0n) is 7.01. The van der Waals surface area contributed by atoms with E-state index in [4.69, 9.17) is 4.42 Å². The van der Waals surface area contributed by atoms with Crippen LogP contribution in [0.3, 0.4) is 0 Å². The number of aromatic nitrogens is 1. The van der Waals surface area contributed by atoms with Crippen LogP contribution in [0.1, 0.15) is 0 Å². The number of thioether (sulfide) groups is 1. The molecule has 0 aliphatic rings. The molecule has 0 aliphatic carbocycles. The number of rotatable bonds is 1. The lowest BCUT2D eigenvalue weighted by atomic mass is 10.3. The lowest BCUT2D eigenvalue weighted by molar-refractivity contribution is -0.0328. The highest BCUT2D eigenvalue weighted by Crippen LogP contribution is 2.38. The van der Waals surface area contributed by atoms with Crippen LogP contribution in [0, 0.1) is 0 Å². The number of fused-ring (bicyclic) bond motifs is 1.